The van der Waals surface area contributed by atoms with Crippen molar-refractivity contribution in [2.45, 2.75) is 24.8 Å². The Balaban J connectivity index is 3.27. The third-order valence-electron chi connectivity index (χ3n) is 2.30. The maximum atomic E-state index is 13.3. The second kappa shape index (κ2) is 5.59. The summed E-state index contributed by atoms with van der Waals surface area (Å²) >= 11 is 0. The van der Waals surface area contributed by atoms with E-state index in [1.165, 1.54) is 13.8 Å². The zero-order valence-electron chi connectivity index (χ0n) is 10.3. The highest BCUT2D eigenvalue weighted by atomic mass is 32.2. The van der Waals surface area contributed by atoms with Crippen molar-refractivity contribution in [3.8, 4) is 0 Å². The molecule has 9 heteroatoms. The molecule has 0 amide bonds. The molecule has 0 radical (unpaired) electrons. The highest BCUT2D eigenvalue weighted by molar-refractivity contribution is 7.89. The van der Waals surface area contributed by atoms with Gasteiger partial charge in [-0.1, -0.05) is 0 Å². The molecule has 2 N–H and O–H groups in total. The van der Waals surface area contributed by atoms with Crippen LogP contribution in [0, 0.1) is 22.9 Å². The van der Waals surface area contributed by atoms with E-state index in [1.54, 1.807) is 0 Å². The molecule has 0 bridgehead atoms. The molecule has 0 spiro atoms. The molecule has 0 fully saturated rings. The summed E-state index contributed by atoms with van der Waals surface area (Å²) in [4.78, 5) is 9.20. The van der Waals surface area contributed by atoms with Crippen molar-refractivity contribution in [3.05, 3.63) is 33.6 Å². The number of halogens is 1. The fraction of sp³-hybridized carbons (Fsp3) is 0.400. The number of aliphatic hydroxyl groups excluding tert-OH is 1. The number of hydrogen-bond donors (Lipinski definition) is 2. The zero-order chi connectivity index (χ0) is 14.8. The van der Waals surface area contributed by atoms with E-state index in [9.17, 15) is 22.9 Å². The molecule has 0 aliphatic heterocycles. The molecule has 0 aliphatic carbocycles. The van der Waals surface area contributed by atoms with E-state index in [4.69, 9.17) is 5.11 Å². The largest absolute Gasteiger partial charge is 0.392 e. The predicted molar refractivity (Wildman–Crippen MR) is 64.7 cm³/mol. The Morgan fingerprint density at radius 1 is 1.53 bits per heavy atom. The van der Waals surface area contributed by atoms with Crippen molar-refractivity contribution in [2.24, 2.45) is 0 Å². The fourth-order valence-corrected chi connectivity index (χ4v) is 2.75. The van der Waals surface area contributed by atoms with Gasteiger partial charge in [-0.2, -0.15) is 4.39 Å². The summed E-state index contributed by atoms with van der Waals surface area (Å²) in [7, 11) is -4.04. The van der Waals surface area contributed by atoms with Crippen molar-refractivity contribution in [1.29, 1.82) is 0 Å². The first-order valence-corrected chi connectivity index (χ1v) is 6.75. The molecule has 1 atom stereocenters. The summed E-state index contributed by atoms with van der Waals surface area (Å²) in [5.74, 6) is -1.10. The van der Waals surface area contributed by atoms with Gasteiger partial charge in [0.1, 0.15) is 0 Å². The third kappa shape index (κ3) is 3.69. The predicted octanol–water partition coefficient (Wildman–Crippen LogP) is 0.701. The van der Waals surface area contributed by atoms with Crippen LogP contribution in [0.2, 0.25) is 0 Å². The fourth-order valence-electron chi connectivity index (χ4n) is 1.38. The normalized spacial score (nSPS) is 13.3. The van der Waals surface area contributed by atoms with Crippen LogP contribution >= 0.6 is 0 Å². The Labute approximate surface area is 109 Å². The van der Waals surface area contributed by atoms with Crippen molar-refractivity contribution in [1.82, 2.24) is 4.72 Å². The molecule has 1 aromatic carbocycles. The molecule has 0 heterocycles. The Kier molecular flexibility index (Phi) is 4.56. The van der Waals surface area contributed by atoms with E-state index in [-0.39, 0.29) is 17.0 Å². The van der Waals surface area contributed by atoms with Gasteiger partial charge in [0.2, 0.25) is 15.8 Å². The number of rotatable bonds is 5. The Hall–Kier alpha value is -1.58. The van der Waals surface area contributed by atoms with Gasteiger partial charge in [0.15, 0.2) is 0 Å². The number of nitro groups is 1. The number of benzene rings is 1. The number of sulfonamides is 1. The second-order valence-electron chi connectivity index (χ2n) is 4.03. The maximum Gasteiger partial charge on any atom is 0.306 e. The van der Waals surface area contributed by atoms with E-state index in [0.717, 1.165) is 6.07 Å². The van der Waals surface area contributed by atoms with Gasteiger partial charge in [-0.15, -0.1) is 0 Å². The molecule has 0 saturated carbocycles. The van der Waals surface area contributed by atoms with Crippen LogP contribution in [-0.2, 0) is 10.0 Å². The first-order chi connectivity index (χ1) is 8.65. The topological polar surface area (TPSA) is 110 Å². The molecular formula is C10H13FN2O5S. The molecule has 0 unspecified atom stereocenters. The minimum absolute atomic E-state index is 0.0428. The summed E-state index contributed by atoms with van der Waals surface area (Å²) in [6.45, 7) is 2.46. The molecule has 1 aromatic rings. The zero-order valence-corrected chi connectivity index (χ0v) is 11.1. The SMILES string of the molecule is Cc1cc(F)c([N+](=O)[O-])cc1S(=O)(=O)NC[C@@H](C)O. The molecule has 7 nitrogen and oxygen atoms in total. The average molecular weight is 292 g/mol. The van der Waals surface area contributed by atoms with Crippen molar-refractivity contribution in [3.63, 3.8) is 0 Å². The summed E-state index contributed by atoms with van der Waals surface area (Å²) in [5.41, 5.74) is -0.871. The molecule has 0 aliphatic rings. The van der Waals surface area contributed by atoms with Gasteiger partial charge in [0.25, 0.3) is 0 Å². The minimum Gasteiger partial charge on any atom is -0.392 e. The van der Waals surface area contributed by atoms with Crippen LogP contribution in [0.15, 0.2) is 17.0 Å². The average Bonchev–Trinajstić information content (AvgIpc) is 2.25. The van der Waals surface area contributed by atoms with Crippen LogP contribution in [0.3, 0.4) is 0 Å². The number of aryl methyl sites for hydroxylation is 1. The summed E-state index contributed by atoms with van der Waals surface area (Å²) < 4.78 is 39.1. The smallest absolute Gasteiger partial charge is 0.306 e. The van der Waals surface area contributed by atoms with Crippen LogP contribution in [0.5, 0.6) is 0 Å². The van der Waals surface area contributed by atoms with Gasteiger partial charge >= 0.3 is 5.69 Å². The number of nitrogens with zero attached hydrogens (tertiary/aromatic N) is 1. The third-order valence-corrected chi connectivity index (χ3v) is 3.86. The highest BCUT2D eigenvalue weighted by Crippen LogP contribution is 2.25. The summed E-state index contributed by atoms with van der Waals surface area (Å²) in [5, 5.41) is 19.6. The van der Waals surface area contributed by atoms with Crippen LogP contribution in [0.25, 0.3) is 0 Å². The van der Waals surface area contributed by atoms with Crippen LogP contribution in [-0.4, -0.2) is 31.1 Å². The Morgan fingerprint density at radius 3 is 2.58 bits per heavy atom. The molecular weight excluding hydrogens is 279 g/mol. The second-order valence-corrected chi connectivity index (χ2v) is 5.76. The molecule has 1 rings (SSSR count). The van der Waals surface area contributed by atoms with E-state index in [2.05, 4.69) is 4.72 Å². The van der Waals surface area contributed by atoms with Crippen LogP contribution < -0.4 is 4.72 Å². The summed E-state index contributed by atoms with van der Waals surface area (Å²) in [6.07, 6.45) is -0.912. The first kappa shape index (κ1) is 15.5. The maximum absolute atomic E-state index is 13.3. The van der Waals surface area contributed by atoms with E-state index >= 15 is 0 Å². The Bertz CT molecular complexity index is 600. The summed E-state index contributed by atoms with van der Waals surface area (Å²) in [6, 6.07) is 1.45. The van der Waals surface area contributed by atoms with Gasteiger partial charge in [-0.25, -0.2) is 13.1 Å². The van der Waals surface area contributed by atoms with E-state index in [0.29, 0.717) is 6.07 Å². The standard InChI is InChI=1S/C10H13FN2O5S/c1-6-3-8(11)9(13(15)16)4-10(6)19(17,18)12-5-7(2)14/h3-4,7,12,14H,5H2,1-2H3/t7-/m1/s1. The van der Waals surface area contributed by atoms with Gasteiger partial charge in [0, 0.05) is 12.6 Å². The van der Waals surface area contributed by atoms with Crippen LogP contribution in [0.1, 0.15) is 12.5 Å². The van der Waals surface area contributed by atoms with Crippen molar-refractivity contribution < 1.29 is 22.8 Å². The monoisotopic (exact) mass is 292 g/mol. The van der Waals surface area contributed by atoms with Crippen molar-refractivity contribution >= 4 is 15.7 Å². The number of nitro benzene ring substituents is 1. The van der Waals surface area contributed by atoms with E-state index in [1.807, 2.05) is 0 Å². The first-order valence-electron chi connectivity index (χ1n) is 5.27. The van der Waals surface area contributed by atoms with Gasteiger partial charge in [-0.3, -0.25) is 10.1 Å². The number of hydrogen-bond acceptors (Lipinski definition) is 5. The van der Waals surface area contributed by atoms with Gasteiger partial charge in [0.05, 0.1) is 15.9 Å². The Morgan fingerprint density at radius 2 is 2.11 bits per heavy atom. The molecule has 0 aromatic heterocycles. The lowest BCUT2D eigenvalue weighted by atomic mass is 10.2. The van der Waals surface area contributed by atoms with Crippen LogP contribution in [0.4, 0.5) is 10.1 Å². The van der Waals surface area contributed by atoms with Crippen molar-refractivity contribution in [2.75, 3.05) is 6.54 Å². The lowest BCUT2D eigenvalue weighted by Crippen LogP contribution is -2.31. The van der Waals surface area contributed by atoms with Gasteiger partial charge in [-0.05, 0) is 25.5 Å². The molecule has 19 heavy (non-hydrogen) atoms. The molecule has 0 saturated heterocycles. The van der Waals surface area contributed by atoms with Gasteiger partial charge < -0.3 is 5.11 Å². The minimum atomic E-state index is -4.04. The lowest BCUT2D eigenvalue weighted by Gasteiger charge is -2.10. The quantitative estimate of drug-likeness (QED) is 0.613. The lowest BCUT2D eigenvalue weighted by molar-refractivity contribution is -0.387. The number of nitrogens with one attached hydrogen (secondary N) is 1. The highest BCUT2D eigenvalue weighted by Gasteiger charge is 2.24. The van der Waals surface area contributed by atoms with E-state index < -0.39 is 32.6 Å². The molecule has 106 valence electrons. The number of aliphatic hydroxyl groups is 1.